The second-order valence-corrected chi connectivity index (χ2v) is 3.84. The number of hydrogen-bond acceptors (Lipinski definition) is 3. The largest absolute Gasteiger partial charge is 0.493 e. The predicted octanol–water partition coefficient (Wildman–Crippen LogP) is 2.72. The Morgan fingerprint density at radius 2 is 1.47 bits per heavy atom. The van der Waals surface area contributed by atoms with Gasteiger partial charge in [-0.2, -0.15) is 0 Å². The van der Waals surface area contributed by atoms with Crippen molar-refractivity contribution in [1.82, 2.24) is 0 Å². The van der Waals surface area contributed by atoms with Gasteiger partial charge < -0.3 is 14.2 Å². The zero-order chi connectivity index (χ0) is 12.8. The highest BCUT2D eigenvalue weighted by Gasteiger charge is 2.12. The molecule has 1 aromatic rings. The van der Waals surface area contributed by atoms with Gasteiger partial charge in [0.25, 0.3) is 0 Å². The molecule has 1 aromatic carbocycles. The first-order chi connectivity index (χ1) is 8.12. The lowest BCUT2D eigenvalue weighted by molar-refractivity contribution is 0.324. The van der Waals surface area contributed by atoms with E-state index in [1.807, 2.05) is 26.0 Å². The lowest BCUT2D eigenvalue weighted by Gasteiger charge is -2.12. The Kier molecular flexibility index (Phi) is 4.71. The Bertz CT molecular complexity index is 414. The summed E-state index contributed by atoms with van der Waals surface area (Å²) in [5.41, 5.74) is 0.855. The molecule has 0 aliphatic carbocycles. The summed E-state index contributed by atoms with van der Waals surface area (Å²) < 4.78 is 15.7. The van der Waals surface area contributed by atoms with Gasteiger partial charge in [0, 0.05) is 11.5 Å². The number of methoxy groups -OCH3 is 3. The fraction of sp³-hybridized carbons (Fsp3) is 0.429. The highest BCUT2D eigenvalue weighted by Crippen LogP contribution is 2.37. The van der Waals surface area contributed by atoms with Crippen LogP contribution in [0.25, 0.3) is 0 Å². The Balaban J connectivity index is 3.24. The van der Waals surface area contributed by atoms with Gasteiger partial charge in [0.05, 0.1) is 21.3 Å². The SMILES string of the molecule is COc1cc(C#CC(C)C)cc(OC)c1OC. The minimum Gasteiger partial charge on any atom is -0.493 e. The molecule has 0 spiro atoms. The normalized spacial score (nSPS) is 9.53. The van der Waals surface area contributed by atoms with Crippen LogP contribution in [0.1, 0.15) is 19.4 Å². The van der Waals surface area contributed by atoms with Crippen molar-refractivity contribution in [3.63, 3.8) is 0 Å². The molecule has 0 heterocycles. The molecule has 0 amide bonds. The second-order valence-electron chi connectivity index (χ2n) is 3.84. The average Bonchev–Trinajstić information content (AvgIpc) is 2.34. The molecule has 0 aliphatic rings. The summed E-state index contributed by atoms with van der Waals surface area (Å²) >= 11 is 0. The standard InChI is InChI=1S/C14H18O3/c1-10(2)6-7-11-8-12(15-3)14(17-5)13(9-11)16-4/h8-10H,1-5H3. The molecule has 0 saturated carbocycles. The summed E-state index contributed by atoms with van der Waals surface area (Å²) in [4.78, 5) is 0. The minimum atomic E-state index is 0.328. The molecule has 0 N–H and O–H groups in total. The third-order valence-electron chi connectivity index (χ3n) is 2.17. The monoisotopic (exact) mass is 234 g/mol. The second kappa shape index (κ2) is 6.05. The maximum absolute atomic E-state index is 5.25. The van der Waals surface area contributed by atoms with E-state index in [1.165, 1.54) is 0 Å². The molecule has 0 aromatic heterocycles. The highest BCUT2D eigenvalue weighted by atomic mass is 16.5. The van der Waals surface area contributed by atoms with Crippen molar-refractivity contribution in [3.8, 4) is 29.1 Å². The van der Waals surface area contributed by atoms with Crippen LogP contribution in [-0.2, 0) is 0 Å². The summed E-state index contributed by atoms with van der Waals surface area (Å²) in [5, 5.41) is 0. The smallest absolute Gasteiger partial charge is 0.203 e. The predicted molar refractivity (Wildman–Crippen MR) is 67.8 cm³/mol. The number of rotatable bonds is 3. The Hall–Kier alpha value is -1.82. The van der Waals surface area contributed by atoms with Crippen LogP contribution in [0, 0.1) is 17.8 Å². The minimum absolute atomic E-state index is 0.328. The first kappa shape index (κ1) is 13.2. The van der Waals surface area contributed by atoms with Crippen LogP contribution in [0.3, 0.4) is 0 Å². The molecule has 1 rings (SSSR count). The first-order valence-corrected chi connectivity index (χ1v) is 5.44. The molecule has 17 heavy (non-hydrogen) atoms. The third kappa shape index (κ3) is 3.32. The topological polar surface area (TPSA) is 27.7 Å². The average molecular weight is 234 g/mol. The molecule has 0 aliphatic heterocycles. The van der Waals surface area contributed by atoms with Gasteiger partial charge >= 0.3 is 0 Å². The molecule has 92 valence electrons. The Morgan fingerprint density at radius 3 is 1.82 bits per heavy atom. The highest BCUT2D eigenvalue weighted by molar-refractivity contribution is 5.57. The number of hydrogen-bond donors (Lipinski definition) is 0. The van der Waals surface area contributed by atoms with E-state index < -0.39 is 0 Å². The fourth-order valence-electron chi connectivity index (χ4n) is 1.38. The maximum atomic E-state index is 5.25. The summed E-state index contributed by atoms with van der Waals surface area (Å²) in [6.45, 7) is 4.09. The summed E-state index contributed by atoms with van der Waals surface area (Å²) in [7, 11) is 4.77. The maximum Gasteiger partial charge on any atom is 0.203 e. The molecule has 0 unspecified atom stereocenters. The molecule has 0 bridgehead atoms. The summed E-state index contributed by atoms with van der Waals surface area (Å²) in [6, 6.07) is 3.69. The van der Waals surface area contributed by atoms with Crippen LogP contribution in [0.15, 0.2) is 12.1 Å². The zero-order valence-electron chi connectivity index (χ0n) is 11.0. The number of benzene rings is 1. The van der Waals surface area contributed by atoms with Crippen LogP contribution < -0.4 is 14.2 Å². The van der Waals surface area contributed by atoms with E-state index in [4.69, 9.17) is 14.2 Å². The fourth-order valence-corrected chi connectivity index (χ4v) is 1.38. The van der Waals surface area contributed by atoms with E-state index in [9.17, 15) is 0 Å². The molecular weight excluding hydrogens is 216 g/mol. The van der Waals surface area contributed by atoms with Crippen LogP contribution in [0.5, 0.6) is 17.2 Å². The molecule has 3 nitrogen and oxygen atoms in total. The Labute approximate surface area is 103 Å². The van der Waals surface area contributed by atoms with E-state index in [0.717, 1.165) is 5.56 Å². The first-order valence-electron chi connectivity index (χ1n) is 5.44. The van der Waals surface area contributed by atoms with Gasteiger partial charge in [-0.1, -0.05) is 25.7 Å². The van der Waals surface area contributed by atoms with E-state index >= 15 is 0 Å². The molecule has 0 fully saturated rings. The van der Waals surface area contributed by atoms with Crippen molar-refractivity contribution in [2.45, 2.75) is 13.8 Å². The van der Waals surface area contributed by atoms with E-state index in [0.29, 0.717) is 23.2 Å². The van der Waals surface area contributed by atoms with Crippen molar-refractivity contribution < 1.29 is 14.2 Å². The number of ether oxygens (including phenoxy) is 3. The van der Waals surface area contributed by atoms with Gasteiger partial charge in [0.1, 0.15) is 0 Å². The molecule has 3 heteroatoms. The summed E-state index contributed by atoms with van der Waals surface area (Å²) in [6.07, 6.45) is 0. The van der Waals surface area contributed by atoms with Gasteiger partial charge in [0.15, 0.2) is 11.5 Å². The van der Waals surface area contributed by atoms with Gasteiger partial charge in [-0.05, 0) is 12.1 Å². The molecular formula is C14H18O3. The van der Waals surface area contributed by atoms with E-state index in [2.05, 4.69) is 11.8 Å². The van der Waals surface area contributed by atoms with Crippen molar-refractivity contribution in [2.75, 3.05) is 21.3 Å². The lowest BCUT2D eigenvalue weighted by atomic mass is 10.1. The molecule has 0 atom stereocenters. The lowest BCUT2D eigenvalue weighted by Crippen LogP contribution is -1.95. The van der Waals surface area contributed by atoms with Crippen LogP contribution >= 0.6 is 0 Å². The quantitative estimate of drug-likeness (QED) is 0.753. The Morgan fingerprint density at radius 1 is 0.941 bits per heavy atom. The zero-order valence-corrected chi connectivity index (χ0v) is 11.0. The van der Waals surface area contributed by atoms with Crippen molar-refractivity contribution in [1.29, 1.82) is 0 Å². The van der Waals surface area contributed by atoms with Gasteiger partial charge in [-0.15, -0.1) is 0 Å². The third-order valence-corrected chi connectivity index (χ3v) is 2.17. The molecule has 0 radical (unpaired) electrons. The molecule has 0 saturated heterocycles. The van der Waals surface area contributed by atoms with Crippen LogP contribution in [-0.4, -0.2) is 21.3 Å². The van der Waals surface area contributed by atoms with Gasteiger partial charge in [-0.25, -0.2) is 0 Å². The van der Waals surface area contributed by atoms with Gasteiger partial charge in [-0.3, -0.25) is 0 Å². The van der Waals surface area contributed by atoms with E-state index in [1.54, 1.807) is 21.3 Å². The van der Waals surface area contributed by atoms with Crippen molar-refractivity contribution in [2.24, 2.45) is 5.92 Å². The van der Waals surface area contributed by atoms with Gasteiger partial charge in [0.2, 0.25) is 5.75 Å². The van der Waals surface area contributed by atoms with Crippen molar-refractivity contribution >= 4 is 0 Å². The van der Waals surface area contributed by atoms with E-state index in [-0.39, 0.29) is 0 Å². The summed E-state index contributed by atoms with van der Waals surface area (Å²) in [5.74, 6) is 8.34. The van der Waals surface area contributed by atoms with Crippen LogP contribution in [0.4, 0.5) is 0 Å². The van der Waals surface area contributed by atoms with Crippen LogP contribution in [0.2, 0.25) is 0 Å². The van der Waals surface area contributed by atoms with Crippen molar-refractivity contribution in [3.05, 3.63) is 17.7 Å².